The zero-order valence-electron chi connectivity index (χ0n) is 7.37. The molecular weight excluding hydrogens is 146 g/mol. The largest absolute Gasteiger partial charge is 0.301 e. The molecule has 1 aromatic carbocycles. The Morgan fingerprint density at radius 1 is 1.08 bits per heavy atom. The Bertz CT molecular complexity index is 226. The van der Waals surface area contributed by atoms with Gasteiger partial charge in [-0.2, -0.15) is 0 Å². The number of benzene rings is 1. The summed E-state index contributed by atoms with van der Waals surface area (Å²) < 4.78 is 0. The predicted octanol–water partition coefficient (Wildman–Crippen LogP) is 1.93. The summed E-state index contributed by atoms with van der Waals surface area (Å²) >= 11 is 0. The Kier molecular flexibility index (Phi) is 2.42. The molecule has 1 heterocycles. The van der Waals surface area contributed by atoms with Crippen LogP contribution in [0.3, 0.4) is 0 Å². The fourth-order valence-electron chi connectivity index (χ4n) is 1.45. The summed E-state index contributed by atoms with van der Waals surface area (Å²) in [6.45, 7) is 3.94. The van der Waals surface area contributed by atoms with Gasteiger partial charge in [-0.25, -0.2) is 0 Å². The topological polar surface area (TPSA) is 3.01 Å². The summed E-state index contributed by atoms with van der Waals surface area (Å²) in [6, 6.07) is 10.7. The van der Waals surface area contributed by atoms with Crippen LogP contribution in [-0.2, 0) is 6.42 Å². The lowest BCUT2D eigenvalue weighted by molar-refractivity contribution is 0.535. The molecule has 1 aliphatic heterocycles. The lowest BCUT2D eigenvalue weighted by atomic mass is 10.1. The monoisotopic (exact) mass is 161 g/mol. The van der Waals surface area contributed by atoms with Gasteiger partial charge in [-0.05, 0) is 24.9 Å². The third kappa shape index (κ3) is 2.35. The van der Waals surface area contributed by atoms with E-state index in [1.807, 2.05) is 0 Å². The summed E-state index contributed by atoms with van der Waals surface area (Å²) in [6.07, 6.45) is 2.54. The van der Waals surface area contributed by atoms with Gasteiger partial charge in [-0.1, -0.05) is 30.3 Å². The first-order valence-electron chi connectivity index (χ1n) is 4.71. The second-order valence-electron chi connectivity index (χ2n) is 3.43. The van der Waals surface area contributed by atoms with Crippen LogP contribution < -0.4 is 0 Å². The van der Waals surface area contributed by atoms with Crippen LogP contribution in [0.5, 0.6) is 0 Å². The lowest BCUT2D eigenvalue weighted by Crippen LogP contribution is -2.00. The molecule has 0 N–H and O–H groups in total. The molecule has 0 atom stereocenters. The van der Waals surface area contributed by atoms with E-state index in [1.165, 1.54) is 38.0 Å². The molecule has 0 aromatic heterocycles. The van der Waals surface area contributed by atoms with E-state index in [2.05, 4.69) is 35.2 Å². The second kappa shape index (κ2) is 3.72. The second-order valence-corrected chi connectivity index (χ2v) is 3.43. The average Bonchev–Trinajstić information content (AvgIpc) is 2.90. The SMILES string of the molecule is c1ccc(CCCN2CC2)cc1. The highest BCUT2D eigenvalue weighted by molar-refractivity contribution is 5.14. The third-order valence-electron chi connectivity index (χ3n) is 2.32. The van der Waals surface area contributed by atoms with Gasteiger partial charge in [0, 0.05) is 13.1 Å². The summed E-state index contributed by atoms with van der Waals surface area (Å²) in [5, 5.41) is 0. The van der Waals surface area contributed by atoms with Crippen LogP contribution in [-0.4, -0.2) is 24.5 Å². The van der Waals surface area contributed by atoms with Gasteiger partial charge in [-0.15, -0.1) is 0 Å². The van der Waals surface area contributed by atoms with Gasteiger partial charge in [0.25, 0.3) is 0 Å². The predicted molar refractivity (Wildman–Crippen MR) is 51.2 cm³/mol. The van der Waals surface area contributed by atoms with E-state index in [0.29, 0.717) is 0 Å². The molecule has 1 fully saturated rings. The standard InChI is InChI=1S/C11H15N/c1-2-5-11(6-3-1)7-4-8-12-9-10-12/h1-3,5-6H,4,7-10H2. The average molecular weight is 161 g/mol. The van der Waals surface area contributed by atoms with Crippen molar-refractivity contribution in [3.63, 3.8) is 0 Å². The van der Waals surface area contributed by atoms with Crippen molar-refractivity contribution in [1.29, 1.82) is 0 Å². The Morgan fingerprint density at radius 2 is 1.83 bits per heavy atom. The quantitative estimate of drug-likeness (QED) is 0.610. The van der Waals surface area contributed by atoms with Crippen LogP contribution in [0.1, 0.15) is 12.0 Å². The minimum atomic E-state index is 1.23. The van der Waals surface area contributed by atoms with Gasteiger partial charge >= 0.3 is 0 Å². The van der Waals surface area contributed by atoms with Crippen molar-refractivity contribution in [3.05, 3.63) is 35.9 Å². The molecule has 1 nitrogen and oxygen atoms in total. The molecule has 0 saturated carbocycles. The summed E-state index contributed by atoms with van der Waals surface area (Å²) in [5.74, 6) is 0. The molecular formula is C11H15N. The van der Waals surface area contributed by atoms with Crippen LogP contribution in [0.15, 0.2) is 30.3 Å². The van der Waals surface area contributed by atoms with E-state index in [0.717, 1.165) is 0 Å². The zero-order chi connectivity index (χ0) is 8.23. The van der Waals surface area contributed by atoms with Crippen LogP contribution >= 0.6 is 0 Å². The lowest BCUT2D eigenvalue weighted by Gasteiger charge is -2.00. The normalized spacial score (nSPS) is 16.3. The maximum Gasteiger partial charge on any atom is 0.0110 e. The van der Waals surface area contributed by atoms with Crippen LogP contribution in [0.25, 0.3) is 0 Å². The van der Waals surface area contributed by atoms with E-state index in [-0.39, 0.29) is 0 Å². The molecule has 0 aliphatic carbocycles. The highest BCUT2D eigenvalue weighted by Crippen LogP contribution is 2.07. The molecule has 1 saturated heterocycles. The van der Waals surface area contributed by atoms with E-state index in [4.69, 9.17) is 0 Å². The zero-order valence-corrected chi connectivity index (χ0v) is 7.37. The fourth-order valence-corrected chi connectivity index (χ4v) is 1.45. The minimum absolute atomic E-state index is 1.23. The molecule has 1 heteroatoms. The van der Waals surface area contributed by atoms with E-state index >= 15 is 0 Å². The van der Waals surface area contributed by atoms with Gasteiger partial charge in [-0.3, -0.25) is 0 Å². The van der Waals surface area contributed by atoms with Crippen molar-refractivity contribution in [2.24, 2.45) is 0 Å². The summed E-state index contributed by atoms with van der Waals surface area (Å²) in [5.41, 5.74) is 1.47. The van der Waals surface area contributed by atoms with E-state index < -0.39 is 0 Å². The Morgan fingerprint density at radius 3 is 2.50 bits per heavy atom. The fraction of sp³-hybridized carbons (Fsp3) is 0.455. The maximum atomic E-state index is 2.48. The molecule has 0 bridgehead atoms. The molecule has 64 valence electrons. The molecule has 0 unspecified atom stereocenters. The number of rotatable bonds is 4. The highest BCUT2D eigenvalue weighted by atomic mass is 15.2. The maximum absolute atomic E-state index is 2.48. The first kappa shape index (κ1) is 7.81. The third-order valence-corrected chi connectivity index (χ3v) is 2.32. The Labute approximate surface area is 74.0 Å². The number of aryl methyl sites for hydroxylation is 1. The Balaban J connectivity index is 1.72. The van der Waals surface area contributed by atoms with Gasteiger partial charge in [0.15, 0.2) is 0 Å². The molecule has 0 spiro atoms. The van der Waals surface area contributed by atoms with Gasteiger partial charge in [0.1, 0.15) is 0 Å². The van der Waals surface area contributed by atoms with Crippen molar-refractivity contribution >= 4 is 0 Å². The van der Waals surface area contributed by atoms with Crippen molar-refractivity contribution in [2.75, 3.05) is 19.6 Å². The summed E-state index contributed by atoms with van der Waals surface area (Å²) in [7, 11) is 0. The molecule has 2 rings (SSSR count). The smallest absolute Gasteiger partial charge is 0.0110 e. The van der Waals surface area contributed by atoms with E-state index in [1.54, 1.807) is 0 Å². The number of hydrogen-bond acceptors (Lipinski definition) is 1. The van der Waals surface area contributed by atoms with Crippen molar-refractivity contribution in [1.82, 2.24) is 4.90 Å². The van der Waals surface area contributed by atoms with Gasteiger partial charge in [0.05, 0.1) is 0 Å². The number of hydrogen-bond donors (Lipinski definition) is 0. The first-order valence-corrected chi connectivity index (χ1v) is 4.71. The molecule has 1 aromatic rings. The van der Waals surface area contributed by atoms with Gasteiger partial charge < -0.3 is 4.90 Å². The summed E-state index contributed by atoms with van der Waals surface area (Å²) in [4.78, 5) is 2.48. The van der Waals surface area contributed by atoms with Crippen molar-refractivity contribution in [2.45, 2.75) is 12.8 Å². The molecule has 1 aliphatic rings. The van der Waals surface area contributed by atoms with Crippen molar-refractivity contribution in [3.8, 4) is 0 Å². The van der Waals surface area contributed by atoms with Crippen LogP contribution in [0, 0.1) is 0 Å². The Hall–Kier alpha value is -0.820. The molecule has 12 heavy (non-hydrogen) atoms. The number of nitrogens with zero attached hydrogens (tertiary/aromatic N) is 1. The first-order chi connectivity index (χ1) is 5.95. The minimum Gasteiger partial charge on any atom is -0.301 e. The molecule has 0 amide bonds. The van der Waals surface area contributed by atoms with E-state index in [9.17, 15) is 0 Å². The van der Waals surface area contributed by atoms with Crippen molar-refractivity contribution < 1.29 is 0 Å². The highest BCUT2D eigenvalue weighted by Gasteiger charge is 2.15. The van der Waals surface area contributed by atoms with Gasteiger partial charge in [0.2, 0.25) is 0 Å². The van der Waals surface area contributed by atoms with Crippen LogP contribution in [0.2, 0.25) is 0 Å². The molecule has 0 radical (unpaired) electrons. The van der Waals surface area contributed by atoms with Crippen LogP contribution in [0.4, 0.5) is 0 Å².